The van der Waals surface area contributed by atoms with Gasteiger partial charge >= 0.3 is 0 Å². The van der Waals surface area contributed by atoms with E-state index in [1.807, 2.05) is 20.8 Å². The number of nitrogens with zero attached hydrogens (tertiary/aromatic N) is 1. The molecule has 142 valence electrons. The van der Waals surface area contributed by atoms with E-state index in [1.54, 1.807) is 48.5 Å². The minimum absolute atomic E-state index is 0.114. The summed E-state index contributed by atoms with van der Waals surface area (Å²) in [6, 6.07) is 13.6. The van der Waals surface area contributed by atoms with E-state index in [0.29, 0.717) is 23.0 Å². The monoisotopic (exact) mass is 404 g/mol. The zero-order valence-electron chi connectivity index (χ0n) is 15.4. The van der Waals surface area contributed by atoms with Gasteiger partial charge < -0.3 is 9.73 Å². The van der Waals surface area contributed by atoms with Crippen molar-refractivity contribution >= 4 is 27.3 Å². The highest BCUT2D eigenvalue weighted by atomic mass is 35.5. The molecule has 0 saturated heterocycles. The van der Waals surface area contributed by atoms with Gasteiger partial charge in [-0.1, -0.05) is 43.1 Å². The van der Waals surface area contributed by atoms with Gasteiger partial charge in [0.25, 0.3) is 0 Å². The van der Waals surface area contributed by atoms with Gasteiger partial charge in [-0.05, 0) is 49.2 Å². The van der Waals surface area contributed by atoms with Gasteiger partial charge in [-0.15, -0.1) is 0 Å². The summed E-state index contributed by atoms with van der Waals surface area (Å²) in [4.78, 5) is 4.48. The fourth-order valence-electron chi connectivity index (χ4n) is 2.44. The van der Waals surface area contributed by atoms with E-state index < -0.39 is 9.84 Å². The Balaban J connectivity index is 2.08. The lowest BCUT2D eigenvalue weighted by Gasteiger charge is -2.08. The quantitative estimate of drug-likeness (QED) is 0.611. The molecule has 0 aliphatic carbocycles. The standard InChI is InChI=1S/C20H21ClN2O3S/c1-13(2)12-22-19-20(27(24,25)17-10-4-14(3)5-11-17)23-18(26-19)15-6-8-16(21)9-7-15/h4-11,13,22H,12H2,1-3H3. The van der Waals surface area contributed by atoms with Crippen molar-refractivity contribution in [2.75, 3.05) is 11.9 Å². The number of halogens is 1. The smallest absolute Gasteiger partial charge is 0.233 e. The first kappa shape index (κ1) is 19.5. The van der Waals surface area contributed by atoms with Gasteiger partial charge in [-0.2, -0.15) is 4.98 Å². The third kappa shape index (κ3) is 4.34. The maximum atomic E-state index is 13.1. The topological polar surface area (TPSA) is 72.2 Å². The van der Waals surface area contributed by atoms with Crippen LogP contribution in [0.2, 0.25) is 5.02 Å². The molecule has 0 spiro atoms. The summed E-state index contributed by atoms with van der Waals surface area (Å²) in [5.74, 6) is 0.682. The number of hydrogen-bond acceptors (Lipinski definition) is 5. The van der Waals surface area contributed by atoms with Gasteiger partial charge in [0, 0.05) is 17.1 Å². The van der Waals surface area contributed by atoms with Crippen LogP contribution >= 0.6 is 11.6 Å². The van der Waals surface area contributed by atoms with Crippen LogP contribution in [-0.4, -0.2) is 19.9 Å². The number of anilines is 1. The van der Waals surface area contributed by atoms with Crippen molar-refractivity contribution in [3.05, 3.63) is 59.1 Å². The number of sulfone groups is 1. The molecule has 27 heavy (non-hydrogen) atoms. The van der Waals surface area contributed by atoms with E-state index in [4.69, 9.17) is 16.0 Å². The maximum absolute atomic E-state index is 13.1. The van der Waals surface area contributed by atoms with Crippen LogP contribution in [0.15, 0.2) is 62.9 Å². The maximum Gasteiger partial charge on any atom is 0.233 e. The van der Waals surface area contributed by atoms with Crippen LogP contribution in [0.4, 0.5) is 5.88 Å². The summed E-state index contributed by atoms with van der Waals surface area (Å²) in [5, 5.41) is 3.53. The Kier molecular flexibility index (Phi) is 5.58. The molecule has 3 rings (SSSR count). The van der Waals surface area contributed by atoms with E-state index >= 15 is 0 Å². The molecular weight excluding hydrogens is 384 g/mol. The van der Waals surface area contributed by atoms with Gasteiger partial charge in [0.1, 0.15) is 0 Å². The predicted molar refractivity (Wildman–Crippen MR) is 107 cm³/mol. The number of rotatable bonds is 6. The van der Waals surface area contributed by atoms with Crippen LogP contribution in [0, 0.1) is 12.8 Å². The Hall–Kier alpha value is -2.31. The summed E-state index contributed by atoms with van der Waals surface area (Å²) in [5.41, 5.74) is 1.63. The van der Waals surface area contributed by atoms with Gasteiger partial charge in [-0.25, -0.2) is 8.42 Å². The molecule has 1 N–H and O–H groups in total. The van der Waals surface area contributed by atoms with Crippen molar-refractivity contribution in [1.82, 2.24) is 4.98 Å². The largest absolute Gasteiger partial charge is 0.419 e. The molecule has 0 aliphatic heterocycles. The Morgan fingerprint density at radius 2 is 1.70 bits per heavy atom. The zero-order valence-corrected chi connectivity index (χ0v) is 16.9. The minimum Gasteiger partial charge on any atom is -0.419 e. The fourth-order valence-corrected chi connectivity index (χ4v) is 3.85. The van der Waals surface area contributed by atoms with Crippen LogP contribution < -0.4 is 5.32 Å². The van der Waals surface area contributed by atoms with Crippen LogP contribution in [0.1, 0.15) is 19.4 Å². The first-order chi connectivity index (χ1) is 12.8. The van der Waals surface area contributed by atoms with Crippen molar-refractivity contribution in [3.63, 3.8) is 0 Å². The molecule has 0 unspecified atom stereocenters. The number of hydrogen-bond donors (Lipinski definition) is 1. The normalized spacial score (nSPS) is 11.7. The first-order valence-electron chi connectivity index (χ1n) is 8.60. The van der Waals surface area contributed by atoms with E-state index in [-0.39, 0.29) is 21.7 Å². The summed E-state index contributed by atoms with van der Waals surface area (Å²) < 4.78 is 32.0. The lowest BCUT2D eigenvalue weighted by Crippen LogP contribution is -2.11. The predicted octanol–water partition coefficient (Wildman–Crippen LogP) is 5.20. The van der Waals surface area contributed by atoms with Crippen LogP contribution in [0.3, 0.4) is 0 Å². The highest BCUT2D eigenvalue weighted by Crippen LogP contribution is 2.33. The molecular formula is C20H21ClN2O3S. The Morgan fingerprint density at radius 1 is 1.07 bits per heavy atom. The zero-order chi connectivity index (χ0) is 19.6. The molecule has 0 saturated carbocycles. The summed E-state index contributed by atoms with van der Waals surface area (Å²) in [6.07, 6.45) is 0. The molecule has 1 heterocycles. The van der Waals surface area contributed by atoms with Crippen LogP contribution in [-0.2, 0) is 9.84 Å². The van der Waals surface area contributed by atoms with Crippen LogP contribution in [0.25, 0.3) is 11.5 Å². The van der Waals surface area contributed by atoms with E-state index in [1.165, 1.54) is 0 Å². The Labute approximate surface area is 164 Å². The first-order valence-corrected chi connectivity index (χ1v) is 10.5. The summed E-state index contributed by atoms with van der Waals surface area (Å²) in [7, 11) is -3.82. The molecule has 2 aromatic carbocycles. The Bertz CT molecular complexity index is 1020. The average Bonchev–Trinajstić information content (AvgIpc) is 3.06. The highest BCUT2D eigenvalue weighted by Gasteiger charge is 2.28. The van der Waals surface area contributed by atoms with Crippen LogP contribution in [0.5, 0.6) is 0 Å². The highest BCUT2D eigenvalue weighted by molar-refractivity contribution is 7.91. The summed E-state index contributed by atoms with van der Waals surface area (Å²) >= 11 is 5.93. The average molecular weight is 405 g/mol. The van der Waals surface area contributed by atoms with E-state index in [2.05, 4.69) is 10.3 Å². The third-order valence-electron chi connectivity index (χ3n) is 3.94. The molecule has 0 aliphatic rings. The third-order valence-corrected chi connectivity index (χ3v) is 5.87. The van der Waals surface area contributed by atoms with Crippen molar-refractivity contribution in [2.24, 2.45) is 5.92 Å². The number of oxazole rings is 1. The number of nitrogens with one attached hydrogen (secondary N) is 1. The fraction of sp³-hybridized carbons (Fsp3) is 0.250. The number of aromatic nitrogens is 1. The molecule has 7 heteroatoms. The van der Waals surface area contributed by atoms with E-state index in [0.717, 1.165) is 5.56 Å². The Morgan fingerprint density at radius 3 is 2.30 bits per heavy atom. The molecule has 1 aromatic heterocycles. The second kappa shape index (κ2) is 7.74. The SMILES string of the molecule is Cc1ccc(S(=O)(=O)c2nc(-c3ccc(Cl)cc3)oc2NCC(C)C)cc1. The molecule has 3 aromatic rings. The molecule has 0 atom stereocenters. The van der Waals surface area contributed by atoms with Gasteiger partial charge in [0.15, 0.2) is 0 Å². The lowest BCUT2D eigenvalue weighted by molar-refractivity contribution is 0.567. The van der Waals surface area contributed by atoms with Crippen molar-refractivity contribution in [2.45, 2.75) is 30.7 Å². The van der Waals surface area contributed by atoms with Crippen molar-refractivity contribution in [1.29, 1.82) is 0 Å². The van der Waals surface area contributed by atoms with E-state index in [9.17, 15) is 8.42 Å². The van der Waals surface area contributed by atoms with Crippen molar-refractivity contribution in [3.8, 4) is 11.5 Å². The lowest BCUT2D eigenvalue weighted by atomic mass is 10.2. The van der Waals surface area contributed by atoms with Gasteiger partial charge in [0.05, 0.1) is 4.90 Å². The molecule has 5 nitrogen and oxygen atoms in total. The molecule has 0 bridgehead atoms. The number of aryl methyl sites for hydroxylation is 1. The number of benzene rings is 2. The summed E-state index contributed by atoms with van der Waals surface area (Å²) in [6.45, 7) is 6.52. The van der Waals surface area contributed by atoms with Gasteiger partial charge in [0.2, 0.25) is 26.6 Å². The molecule has 0 fully saturated rings. The molecule has 0 radical (unpaired) electrons. The molecule has 0 amide bonds. The second-order valence-corrected chi connectivity index (χ2v) is 9.05. The second-order valence-electron chi connectivity index (χ2n) is 6.75. The van der Waals surface area contributed by atoms with Crippen molar-refractivity contribution < 1.29 is 12.8 Å². The van der Waals surface area contributed by atoms with Gasteiger partial charge in [-0.3, -0.25) is 0 Å². The minimum atomic E-state index is -3.82.